The number of hydrogen-bond acceptors (Lipinski definition) is 3. The summed E-state index contributed by atoms with van der Waals surface area (Å²) >= 11 is 0. The topological polar surface area (TPSA) is 37.4 Å². The second-order valence-corrected chi connectivity index (χ2v) is 12.5. The lowest BCUT2D eigenvalue weighted by Crippen LogP contribution is -2.12. The quantitative estimate of drug-likeness (QED) is 0.110. The molecule has 3 nitrogen and oxygen atoms in total. The van der Waals surface area contributed by atoms with E-state index in [2.05, 4.69) is 127 Å². The molecule has 0 amide bonds. The first-order chi connectivity index (χ1) is 24.4. The Morgan fingerprint density at radius 2 is 1.38 bits per heavy atom. The summed E-state index contributed by atoms with van der Waals surface area (Å²) < 4.78 is 0. The Morgan fingerprint density at radius 1 is 0.700 bits per heavy atom. The van der Waals surface area contributed by atoms with Gasteiger partial charge in [0.15, 0.2) is 11.6 Å². The molecule has 0 heterocycles. The standard InChI is InChI=1S/C47H37NO2/c1-4-34-30-44(32(3)49)45(31-35(34)5-2)47(50)26-20-33-19-21-40-29-42(25-23-39(40)27-33)48(41-24-22-36-13-9-10-16-38(36)28-41)46-18-12-11-17-43(46)37-14-7-6-8-15-37/h4-8,10-12,14-31H,1-2,9,13H2,3H3. The van der Waals surface area contributed by atoms with Crippen LogP contribution in [0.25, 0.3) is 46.2 Å². The number of allylic oxidation sites excluding steroid dienone is 2. The van der Waals surface area contributed by atoms with E-state index in [1.54, 1.807) is 30.4 Å². The first kappa shape index (κ1) is 32.2. The summed E-state index contributed by atoms with van der Waals surface area (Å²) in [6.45, 7) is 9.16. The van der Waals surface area contributed by atoms with E-state index in [1.165, 1.54) is 24.1 Å². The van der Waals surface area contributed by atoms with E-state index in [4.69, 9.17) is 0 Å². The van der Waals surface area contributed by atoms with Crippen LogP contribution in [0.15, 0.2) is 147 Å². The maximum Gasteiger partial charge on any atom is 0.186 e. The van der Waals surface area contributed by atoms with E-state index in [0.717, 1.165) is 68.5 Å². The molecule has 0 saturated heterocycles. The molecule has 1 aliphatic rings. The van der Waals surface area contributed by atoms with Gasteiger partial charge < -0.3 is 4.90 Å². The van der Waals surface area contributed by atoms with Crippen molar-refractivity contribution in [1.82, 2.24) is 0 Å². The van der Waals surface area contributed by atoms with Crippen LogP contribution in [0.2, 0.25) is 0 Å². The fraction of sp³-hybridized carbons (Fsp3) is 0.0638. The number of benzene rings is 6. The highest BCUT2D eigenvalue weighted by Gasteiger charge is 2.19. The molecule has 3 heteroatoms. The molecule has 0 saturated carbocycles. The van der Waals surface area contributed by atoms with Crippen LogP contribution >= 0.6 is 0 Å². The van der Waals surface area contributed by atoms with Gasteiger partial charge in [0, 0.05) is 28.1 Å². The predicted octanol–water partition coefficient (Wildman–Crippen LogP) is 12.3. The first-order valence-corrected chi connectivity index (χ1v) is 16.9. The highest BCUT2D eigenvalue weighted by atomic mass is 16.1. The van der Waals surface area contributed by atoms with Crippen molar-refractivity contribution in [2.45, 2.75) is 19.8 Å². The molecule has 0 aliphatic heterocycles. The van der Waals surface area contributed by atoms with Gasteiger partial charge in [-0.1, -0.05) is 116 Å². The van der Waals surface area contributed by atoms with Crippen LogP contribution in [0, 0.1) is 0 Å². The number of carbonyl (C=O) groups excluding carboxylic acids is 2. The molecule has 1 aliphatic carbocycles. The van der Waals surface area contributed by atoms with Crippen LogP contribution in [0.1, 0.15) is 61.9 Å². The molecule has 0 spiro atoms. The lowest BCUT2D eigenvalue weighted by molar-refractivity contribution is 0.0993. The zero-order valence-corrected chi connectivity index (χ0v) is 28.1. The van der Waals surface area contributed by atoms with Crippen molar-refractivity contribution >= 4 is 63.7 Å². The summed E-state index contributed by atoms with van der Waals surface area (Å²) in [4.78, 5) is 28.1. The van der Waals surface area contributed by atoms with Gasteiger partial charge in [-0.05, 0) is 119 Å². The van der Waals surface area contributed by atoms with E-state index in [1.807, 2.05) is 12.1 Å². The zero-order valence-electron chi connectivity index (χ0n) is 28.1. The molecular weight excluding hydrogens is 611 g/mol. The van der Waals surface area contributed by atoms with Crippen molar-refractivity contribution in [1.29, 1.82) is 0 Å². The highest BCUT2D eigenvalue weighted by Crippen LogP contribution is 2.42. The van der Waals surface area contributed by atoms with Crippen molar-refractivity contribution in [2.24, 2.45) is 0 Å². The number of hydrogen-bond donors (Lipinski definition) is 0. The molecule has 0 aromatic heterocycles. The summed E-state index contributed by atoms with van der Waals surface area (Å²) in [6, 6.07) is 42.0. The van der Waals surface area contributed by atoms with Crippen LogP contribution in [0.5, 0.6) is 0 Å². The van der Waals surface area contributed by atoms with Gasteiger partial charge in [-0.3, -0.25) is 9.59 Å². The molecule has 242 valence electrons. The number of anilines is 3. The molecule has 6 aromatic carbocycles. The molecule has 0 fully saturated rings. The van der Waals surface area contributed by atoms with Crippen LogP contribution in [0.3, 0.4) is 0 Å². The maximum absolute atomic E-state index is 13.4. The number of rotatable bonds is 10. The zero-order chi connectivity index (χ0) is 34.6. The van der Waals surface area contributed by atoms with Crippen LogP contribution in [-0.4, -0.2) is 11.6 Å². The minimum atomic E-state index is -0.239. The van der Waals surface area contributed by atoms with E-state index in [9.17, 15) is 9.59 Å². The summed E-state index contributed by atoms with van der Waals surface area (Å²) in [7, 11) is 0. The molecule has 0 radical (unpaired) electrons. The molecule has 6 aromatic rings. The molecule has 0 atom stereocenters. The third-order valence-corrected chi connectivity index (χ3v) is 9.34. The molecule has 0 bridgehead atoms. The number of para-hydroxylation sites is 1. The van der Waals surface area contributed by atoms with Crippen molar-refractivity contribution < 1.29 is 9.59 Å². The van der Waals surface area contributed by atoms with E-state index in [-0.39, 0.29) is 11.6 Å². The molecule has 50 heavy (non-hydrogen) atoms. The lowest BCUT2D eigenvalue weighted by Gasteiger charge is -2.29. The van der Waals surface area contributed by atoms with Crippen LogP contribution < -0.4 is 4.90 Å². The van der Waals surface area contributed by atoms with Gasteiger partial charge in [-0.25, -0.2) is 0 Å². The Kier molecular flexibility index (Phi) is 9.05. The molecule has 0 N–H and O–H groups in total. The SMILES string of the molecule is C=Cc1cc(C(C)=O)c(C(=O)C=Cc2ccc3cc(N(c4ccc5c(c4)C=CCC5)c4ccccc4-c4ccccc4)ccc3c2)cc1C=C. The Bertz CT molecular complexity index is 2360. The largest absolute Gasteiger partial charge is 0.310 e. The molecule has 7 rings (SSSR count). The Labute approximate surface area is 293 Å². The minimum absolute atomic E-state index is 0.172. The van der Waals surface area contributed by atoms with E-state index in [0.29, 0.717) is 11.1 Å². The van der Waals surface area contributed by atoms with Crippen LogP contribution in [-0.2, 0) is 6.42 Å². The van der Waals surface area contributed by atoms with Crippen LogP contribution in [0.4, 0.5) is 17.1 Å². The second-order valence-electron chi connectivity index (χ2n) is 12.5. The van der Waals surface area contributed by atoms with Gasteiger partial charge in [0.25, 0.3) is 0 Å². The van der Waals surface area contributed by atoms with Gasteiger partial charge in [0.2, 0.25) is 0 Å². The summed E-state index contributed by atoms with van der Waals surface area (Å²) in [6.07, 6.45) is 13.3. The van der Waals surface area contributed by atoms with Gasteiger partial charge in [0.05, 0.1) is 5.69 Å². The number of ketones is 2. The average molecular weight is 648 g/mol. The number of aryl methyl sites for hydroxylation is 1. The van der Waals surface area contributed by atoms with Crippen molar-refractivity contribution in [3.8, 4) is 11.1 Å². The summed E-state index contributed by atoms with van der Waals surface area (Å²) in [5.41, 5.74) is 11.3. The van der Waals surface area contributed by atoms with Crippen molar-refractivity contribution in [3.05, 3.63) is 186 Å². The van der Waals surface area contributed by atoms with Gasteiger partial charge in [-0.2, -0.15) is 0 Å². The van der Waals surface area contributed by atoms with E-state index >= 15 is 0 Å². The first-order valence-electron chi connectivity index (χ1n) is 16.9. The normalized spacial score (nSPS) is 12.1. The van der Waals surface area contributed by atoms with Crippen molar-refractivity contribution in [3.63, 3.8) is 0 Å². The Morgan fingerprint density at radius 3 is 2.16 bits per heavy atom. The minimum Gasteiger partial charge on any atom is -0.310 e. The van der Waals surface area contributed by atoms with E-state index < -0.39 is 0 Å². The average Bonchev–Trinajstić information content (AvgIpc) is 3.16. The lowest BCUT2D eigenvalue weighted by atomic mass is 9.93. The molecule has 0 unspecified atom stereocenters. The number of nitrogens with zero attached hydrogens (tertiary/aromatic N) is 1. The third kappa shape index (κ3) is 6.42. The number of carbonyl (C=O) groups is 2. The second kappa shape index (κ2) is 14.0. The molecular formula is C47H37NO2. The number of fused-ring (bicyclic) bond motifs is 2. The monoisotopic (exact) mass is 647 g/mol. The smallest absolute Gasteiger partial charge is 0.186 e. The summed E-state index contributed by atoms with van der Waals surface area (Å²) in [5.74, 6) is -0.411. The number of Topliss-reactive ketones (excluding diaryl/α,β-unsaturated/α-hetero) is 1. The predicted molar refractivity (Wildman–Crippen MR) is 211 cm³/mol. The maximum atomic E-state index is 13.4. The summed E-state index contributed by atoms with van der Waals surface area (Å²) in [5, 5.41) is 2.14. The van der Waals surface area contributed by atoms with Gasteiger partial charge in [0.1, 0.15) is 0 Å². The fourth-order valence-electron chi connectivity index (χ4n) is 6.75. The van der Waals surface area contributed by atoms with Crippen molar-refractivity contribution in [2.75, 3.05) is 4.90 Å². The Balaban J connectivity index is 1.26. The Hall–Kier alpha value is -6.32. The highest BCUT2D eigenvalue weighted by molar-refractivity contribution is 6.14. The van der Waals surface area contributed by atoms with Gasteiger partial charge in [-0.15, -0.1) is 0 Å². The fourth-order valence-corrected chi connectivity index (χ4v) is 6.75. The third-order valence-electron chi connectivity index (χ3n) is 9.34. The van der Waals surface area contributed by atoms with Gasteiger partial charge >= 0.3 is 0 Å².